The van der Waals surface area contributed by atoms with Gasteiger partial charge in [-0.05, 0) is 59.7 Å². The van der Waals surface area contributed by atoms with Gasteiger partial charge in [0.05, 0.1) is 10.8 Å². The molecule has 1 aliphatic heterocycles. The molecular formula is C25H19FN2O6. The molecule has 9 heteroatoms. The maximum absolute atomic E-state index is 13.0. The topological polar surface area (TPSA) is 107 Å². The van der Waals surface area contributed by atoms with Crippen molar-refractivity contribution in [2.75, 3.05) is 18.1 Å². The largest absolute Gasteiger partial charge is 0.457 e. The molecule has 0 saturated carbocycles. The standard InChI is InChI=1S/C25H19FN2O6/c26-20-7-1-18(2-8-20)23(29)15-34-25(31)19-13-24(30)27(14-19)21-9-3-16(4-10-21)17-5-11-22(12-6-17)28(32)33/h1-12,19H,13-15H2/t19-/m1/s1. The van der Waals surface area contributed by atoms with E-state index in [1.807, 2.05) is 0 Å². The molecule has 4 rings (SSSR count). The Hall–Kier alpha value is -4.40. The van der Waals surface area contributed by atoms with Crippen molar-refractivity contribution in [2.24, 2.45) is 5.92 Å². The molecule has 1 fully saturated rings. The fourth-order valence-corrected chi connectivity index (χ4v) is 3.70. The predicted molar refractivity (Wildman–Crippen MR) is 121 cm³/mol. The van der Waals surface area contributed by atoms with E-state index < -0.39 is 35.0 Å². The van der Waals surface area contributed by atoms with Crippen LogP contribution < -0.4 is 4.90 Å². The summed E-state index contributed by atoms with van der Waals surface area (Å²) in [6, 6.07) is 18.1. The number of hydrogen-bond acceptors (Lipinski definition) is 6. The highest BCUT2D eigenvalue weighted by atomic mass is 19.1. The van der Waals surface area contributed by atoms with Crippen LogP contribution in [0.15, 0.2) is 72.8 Å². The molecule has 1 aliphatic rings. The first-order valence-electron chi connectivity index (χ1n) is 10.4. The number of nitrogens with zero attached hydrogens (tertiary/aromatic N) is 2. The molecule has 0 unspecified atom stereocenters. The second kappa shape index (κ2) is 9.62. The van der Waals surface area contributed by atoms with Crippen LogP contribution in [0, 0.1) is 21.8 Å². The lowest BCUT2D eigenvalue weighted by Crippen LogP contribution is -2.27. The van der Waals surface area contributed by atoms with E-state index in [0.29, 0.717) is 5.69 Å². The molecular weight excluding hydrogens is 443 g/mol. The van der Waals surface area contributed by atoms with Gasteiger partial charge in [-0.25, -0.2) is 4.39 Å². The van der Waals surface area contributed by atoms with Crippen molar-refractivity contribution in [2.45, 2.75) is 6.42 Å². The molecule has 1 amide bonds. The number of nitro benzene ring substituents is 1. The van der Waals surface area contributed by atoms with Gasteiger partial charge in [0.2, 0.25) is 5.91 Å². The lowest BCUT2D eigenvalue weighted by molar-refractivity contribution is -0.384. The van der Waals surface area contributed by atoms with E-state index >= 15 is 0 Å². The smallest absolute Gasteiger partial charge is 0.311 e. The molecule has 3 aromatic carbocycles. The minimum absolute atomic E-state index is 0.000303. The Morgan fingerprint density at radius 1 is 0.971 bits per heavy atom. The summed E-state index contributed by atoms with van der Waals surface area (Å²) in [6.45, 7) is -0.363. The molecule has 34 heavy (non-hydrogen) atoms. The van der Waals surface area contributed by atoms with Crippen LogP contribution in [0.2, 0.25) is 0 Å². The van der Waals surface area contributed by atoms with Gasteiger partial charge in [-0.15, -0.1) is 0 Å². The molecule has 172 valence electrons. The molecule has 8 nitrogen and oxygen atoms in total. The van der Waals surface area contributed by atoms with Crippen molar-refractivity contribution in [1.82, 2.24) is 0 Å². The highest BCUT2D eigenvalue weighted by Crippen LogP contribution is 2.29. The predicted octanol–water partition coefficient (Wildman–Crippen LogP) is 4.18. The first-order valence-corrected chi connectivity index (χ1v) is 10.4. The molecule has 1 atom stereocenters. The van der Waals surface area contributed by atoms with Gasteiger partial charge in [-0.1, -0.05) is 12.1 Å². The summed E-state index contributed by atoms with van der Waals surface area (Å²) >= 11 is 0. The van der Waals surface area contributed by atoms with Gasteiger partial charge in [0.15, 0.2) is 12.4 Å². The number of non-ortho nitro benzene ring substituents is 1. The number of carbonyl (C=O) groups is 3. The van der Waals surface area contributed by atoms with E-state index in [1.54, 1.807) is 36.4 Å². The number of nitro groups is 1. The number of ether oxygens (including phenoxy) is 1. The van der Waals surface area contributed by atoms with Gasteiger partial charge in [-0.2, -0.15) is 0 Å². The SMILES string of the molecule is O=C(COC(=O)[C@@H]1CC(=O)N(c2ccc(-c3ccc([N+](=O)[O-])cc3)cc2)C1)c1ccc(F)cc1. The van der Waals surface area contributed by atoms with E-state index in [2.05, 4.69) is 0 Å². The maximum atomic E-state index is 13.0. The first kappa shape index (κ1) is 22.8. The Morgan fingerprint density at radius 2 is 1.56 bits per heavy atom. The van der Waals surface area contributed by atoms with Crippen LogP contribution in [-0.2, 0) is 14.3 Å². The second-order valence-electron chi connectivity index (χ2n) is 7.79. The minimum atomic E-state index is -0.706. The van der Waals surface area contributed by atoms with Crippen molar-refractivity contribution >= 4 is 29.0 Å². The average molecular weight is 462 g/mol. The Morgan fingerprint density at radius 3 is 2.15 bits per heavy atom. The summed E-state index contributed by atoms with van der Waals surface area (Å²) < 4.78 is 18.1. The Bertz CT molecular complexity index is 1240. The third-order valence-corrected chi connectivity index (χ3v) is 5.56. The van der Waals surface area contributed by atoms with E-state index in [-0.39, 0.29) is 30.1 Å². The van der Waals surface area contributed by atoms with E-state index in [4.69, 9.17) is 4.74 Å². The molecule has 0 aromatic heterocycles. The average Bonchev–Trinajstić information content (AvgIpc) is 3.24. The summed E-state index contributed by atoms with van der Waals surface area (Å²) in [4.78, 5) is 48.8. The highest BCUT2D eigenvalue weighted by molar-refractivity contribution is 6.01. The number of rotatable bonds is 7. The van der Waals surface area contributed by atoms with Crippen LogP contribution in [0.4, 0.5) is 15.8 Å². The molecule has 0 radical (unpaired) electrons. The monoisotopic (exact) mass is 462 g/mol. The summed E-state index contributed by atoms with van der Waals surface area (Å²) in [5.74, 6) is -2.53. The van der Waals surface area contributed by atoms with E-state index in [0.717, 1.165) is 23.3 Å². The van der Waals surface area contributed by atoms with Gasteiger partial charge in [0.25, 0.3) is 5.69 Å². The van der Waals surface area contributed by atoms with Crippen LogP contribution in [0.1, 0.15) is 16.8 Å². The molecule has 3 aromatic rings. The number of ketones is 1. The van der Waals surface area contributed by atoms with Gasteiger partial charge in [0, 0.05) is 36.3 Å². The fraction of sp³-hybridized carbons (Fsp3) is 0.160. The zero-order valence-corrected chi connectivity index (χ0v) is 17.8. The molecule has 0 aliphatic carbocycles. The van der Waals surface area contributed by atoms with Crippen molar-refractivity contribution in [1.29, 1.82) is 0 Å². The van der Waals surface area contributed by atoms with Crippen LogP contribution in [0.25, 0.3) is 11.1 Å². The number of amides is 1. The molecule has 0 bridgehead atoms. The zero-order valence-electron chi connectivity index (χ0n) is 17.8. The number of carbonyl (C=O) groups excluding carboxylic acids is 3. The van der Waals surface area contributed by atoms with Crippen LogP contribution in [0.5, 0.6) is 0 Å². The number of Topliss-reactive ketones (excluding diaryl/α,β-unsaturated/α-hetero) is 1. The van der Waals surface area contributed by atoms with Crippen LogP contribution in [0.3, 0.4) is 0 Å². The third kappa shape index (κ3) is 4.98. The van der Waals surface area contributed by atoms with Crippen molar-refractivity contribution in [3.8, 4) is 11.1 Å². The zero-order chi connectivity index (χ0) is 24.2. The summed E-state index contributed by atoms with van der Waals surface area (Å²) in [5.41, 5.74) is 2.44. The van der Waals surface area contributed by atoms with Gasteiger partial charge in [0.1, 0.15) is 5.82 Å². The number of esters is 1. The maximum Gasteiger partial charge on any atom is 0.311 e. The Kier molecular flexibility index (Phi) is 6.44. The quantitative estimate of drug-likeness (QED) is 0.226. The normalized spacial score (nSPS) is 15.3. The highest BCUT2D eigenvalue weighted by Gasteiger charge is 2.36. The lowest BCUT2D eigenvalue weighted by atomic mass is 10.0. The molecule has 1 heterocycles. The number of anilines is 1. The molecule has 0 spiro atoms. The van der Waals surface area contributed by atoms with Crippen LogP contribution >= 0.6 is 0 Å². The first-order chi connectivity index (χ1) is 16.3. The summed E-state index contributed by atoms with van der Waals surface area (Å²) in [6.07, 6.45) is -0.0341. The van der Waals surface area contributed by atoms with Crippen LogP contribution in [-0.4, -0.2) is 35.7 Å². The Labute approximate surface area is 193 Å². The molecule has 0 N–H and O–H groups in total. The number of hydrogen-bond donors (Lipinski definition) is 0. The van der Waals surface area contributed by atoms with E-state index in [9.17, 15) is 28.9 Å². The lowest BCUT2D eigenvalue weighted by Gasteiger charge is -2.17. The van der Waals surface area contributed by atoms with Crippen molar-refractivity contribution in [3.63, 3.8) is 0 Å². The van der Waals surface area contributed by atoms with E-state index in [1.165, 1.54) is 29.2 Å². The summed E-state index contributed by atoms with van der Waals surface area (Å²) in [7, 11) is 0. The minimum Gasteiger partial charge on any atom is -0.457 e. The Balaban J connectivity index is 1.36. The van der Waals surface area contributed by atoms with Gasteiger partial charge in [-0.3, -0.25) is 24.5 Å². The number of halogens is 1. The van der Waals surface area contributed by atoms with Crippen molar-refractivity contribution < 1.29 is 28.4 Å². The third-order valence-electron chi connectivity index (χ3n) is 5.56. The van der Waals surface area contributed by atoms with Gasteiger partial charge >= 0.3 is 5.97 Å². The van der Waals surface area contributed by atoms with Gasteiger partial charge < -0.3 is 9.64 Å². The second-order valence-corrected chi connectivity index (χ2v) is 7.79. The van der Waals surface area contributed by atoms with Crippen molar-refractivity contribution in [3.05, 3.63) is 94.3 Å². The number of benzene rings is 3. The molecule has 1 saturated heterocycles. The fourth-order valence-electron chi connectivity index (χ4n) is 3.70. The summed E-state index contributed by atoms with van der Waals surface area (Å²) in [5, 5.41) is 10.8.